The Balaban J connectivity index is 5.28. The zero-order chi connectivity index (χ0) is 25.0. The van der Waals surface area contributed by atoms with Crippen LogP contribution in [0.25, 0.3) is 0 Å². The number of nitrogens with one attached hydrogen (secondary N) is 3. The summed E-state index contributed by atoms with van der Waals surface area (Å²) in [5, 5.41) is 24.8. The van der Waals surface area contributed by atoms with E-state index in [1.807, 2.05) is 0 Å². The highest BCUT2D eigenvalue weighted by Crippen LogP contribution is 2.08. The van der Waals surface area contributed by atoms with Crippen molar-refractivity contribution >= 4 is 48.2 Å². The average molecular weight is 478 g/mol. The summed E-state index contributed by atoms with van der Waals surface area (Å²) in [6.45, 7) is 3.39. The number of carboxylic acid groups (broad SMARTS) is 2. The van der Waals surface area contributed by atoms with Gasteiger partial charge in [0.05, 0.1) is 12.5 Å². The van der Waals surface area contributed by atoms with Gasteiger partial charge in [-0.3, -0.25) is 24.0 Å². The first-order valence-electron chi connectivity index (χ1n) is 9.84. The lowest BCUT2D eigenvalue weighted by molar-refractivity contribution is -0.144. The van der Waals surface area contributed by atoms with E-state index in [9.17, 15) is 33.9 Å². The molecule has 4 amide bonds. The molecule has 0 aromatic carbocycles. The van der Waals surface area contributed by atoms with Crippen molar-refractivity contribution in [1.29, 1.82) is 0 Å². The first kappa shape index (κ1) is 29.1. The van der Waals surface area contributed by atoms with Gasteiger partial charge in [0.2, 0.25) is 23.6 Å². The van der Waals surface area contributed by atoms with Crippen LogP contribution < -0.4 is 27.4 Å². The zero-order valence-electron chi connectivity index (χ0n) is 17.9. The van der Waals surface area contributed by atoms with Crippen LogP contribution >= 0.6 is 12.6 Å². The largest absolute Gasteiger partial charge is 0.481 e. The fourth-order valence-corrected chi connectivity index (χ4v) is 2.76. The topological polar surface area (TPSA) is 231 Å². The van der Waals surface area contributed by atoms with Gasteiger partial charge in [0, 0.05) is 12.2 Å². The molecule has 182 valence electrons. The van der Waals surface area contributed by atoms with Crippen molar-refractivity contribution in [3.63, 3.8) is 0 Å². The lowest BCUT2D eigenvalue weighted by Gasteiger charge is -2.25. The number of carbonyl (C=O) groups excluding carboxylic acids is 4. The Labute approximate surface area is 190 Å². The number of amides is 4. The van der Waals surface area contributed by atoms with E-state index in [2.05, 4.69) is 28.6 Å². The summed E-state index contributed by atoms with van der Waals surface area (Å²) in [6.07, 6.45) is -0.733. The van der Waals surface area contributed by atoms with E-state index in [-0.39, 0.29) is 24.5 Å². The van der Waals surface area contributed by atoms with Crippen molar-refractivity contribution in [2.24, 2.45) is 17.4 Å². The third kappa shape index (κ3) is 10.4. The van der Waals surface area contributed by atoms with Crippen molar-refractivity contribution in [2.75, 3.05) is 5.75 Å². The maximum atomic E-state index is 12.6. The van der Waals surface area contributed by atoms with E-state index >= 15 is 0 Å². The third-order valence-corrected chi connectivity index (χ3v) is 5.00. The van der Waals surface area contributed by atoms with Crippen molar-refractivity contribution in [2.45, 2.75) is 63.7 Å². The van der Waals surface area contributed by atoms with E-state index in [1.165, 1.54) is 0 Å². The molecule has 5 atom stereocenters. The summed E-state index contributed by atoms with van der Waals surface area (Å²) in [5.41, 5.74) is 10.7. The van der Waals surface area contributed by atoms with Crippen molar-refractivity contribution in [3.8, 4) is 0 Å². The average Bonchev–Trinajstić information content (AvgIpc) is 2.71. The Bertz CT molecular complexity index is 719. The highest BCUT2D eigenvalue weighted by molar-refractivity contribution is 7.80. The molecule has 0 heterocycles. The highest BCUT2D eigenvalue weighted by atomic mass is 32.1. The summed E-state index contributed by atoms with van der Waals surface area (Å²) < 4.78 is 0. The molecule has 0 aromatic rings. The summed E-state index contributed by atoms with van der Waals surface area (Å²) >= 11 is 3.99. The molecule has 0 aliphatic rings. The maximum absolute atomic E-state index is 12.6. The van der Waals surface area contributed by atoms with E-state index in [1.54, 1.807) is 13.8 Å². The Morgan fingerprint density at radius 3 is 1.91 bits per heavy atom. The highest BCUT2D eigenvalue weighted by Gasteiger charge is 2.32. The van der Waals surface area contributed by atoms with Gasteiger partial charge in [-0.15, -0.1) is 0 Å². The van der Waals surface area contributed by atoms with Gasteiger partial charge in [-0.25, -0.2) is 4.79 Å². The van der Waals surface area contributed by atoms with Crippen LogP contribution in [-0.2, 0) is 28.8 Å². The van der Waals surface area contributed by atoms with Gasteiger partial charge >= 0.3 is 11.9 Å². The third-order valence-electron chi connectivity index (χ3n) is 4.64. The predicted octanol–water partition coefficient (Wildman–Crippen LogP) is -2.43. The first-order chi connectivity index (χ1) is 14.8. The molecule has 5 unspecified atom stereocenters. The fourth-order valence-electron chi connectivity index (χ4n) is 2.50. The molecule has 0 spiro atoms. The van der Waals surface area contributed by atoms with Gasteiger partial charge in [0.1, 0.15) is 18.1 Å². The molecule has 9 N–H and O–H groups in total. The Morgan fingerprint density at radius 1 is 0.938 bits per heavy atom. The summed E-state index contributed by atoms with van der Waals surface area (Å²) in [5.74, 6) is -6.59. The monoisotopic (exact) mass is 477 g/mol. The van der Waals surface area contributed by atoms with Crippen LogP contribution in [0.1, 0.15) is 39.5 Å². The Morgan fingerprint density at radius 2 is 1.47 bits per heavy atom. The Hall–Kier alpha value is -2.87. The molecule has 0 saturated carbocycles. The number of aliphatic carboxylic acids is 2. The minimum absolute atomic E-state index is 0.208. The number of hydrogen-bond acceptors (Lipinski definition) is 8. The second-order valence-electron chi connectivity index (χ2n) is 7.22. The maximum Gasteiger partial charge on any atom is 0.326 e. The van der Waals surface area contributed by atoms with Crippen molar-refractivity contribution in [1.82, 2.24) is 16.0 Å². The molecule has 0 rings (SSSR count). The van der Waals surface area contributed by atoms with Crippen LogP contribution in [0, 0.1) is 5.92 Å². The van der Waals surface area contributed by atoms with Gasteiger partial charge < -0.3 is 37.6 Å². The lowest BCUT2D eigenvalue weighted by atomic mass is 9.99. The molecule has 0 saturated heterocycles. The molecule has 0 aliphatic heterocycles. The first-order valence-corrected chi connectivity index (χ1v) is 10.5. The molecule has 14 heteroatoms. The number of carbonyl (C=O) groups is 6. The molecular weight excluding hydrogens is 446 g/mol. The SMILES string of the molecule is CCC(C)C(NC(=O)C(CS)NC(=O)C(CC(N)=O)NC(=O)C(N)CCC(=O)O)C(=O)O. The molecule has 0 fully saturated rings. The normalized spacial score (nSPS) is 15.4. The number of carboxylic acids is 2. The number of hydrogen-bond donors (Lipinski definition) is 8. The van der Waals surface area contributed by atoms with Crippen LogP contribution in [0.15, 0.2) is 0 Å². The van der Waals surface area contributed by atoms with Gasteiger partial charge in [-0.05, 0) is 12.3 Å². The smallest absolute Gasteiger partial charge is 0.326 e. The molecular formula is C18H31N5O8S. The fraction of sp³-hybridized carbons (Fsp3) is 0.667. The lowest BCUT2D eigenvalue weighted by Crippen LogP contribution is -2.58. The molecule has 32 heavy (non-hydrogen) atoms. The molecule has 0 bridgehead atoms. The standard InChI is InChI=1S/C18H31N5O8S/c1-3-8(2)14(18(30)31)23-17(29)11(7-32)22-16(28)10(6-12(20)24)21-15(27)9(19)4-5-13(25)26/h8-11,14,32H,3-7,19H2,1-2H3,(H2,20,24)(H,21,27)(H,22,28)(H,23,29)(H,25,26)(H,30,31). The zero-order valence-corrected chi connectivity index (χ0v) is 18.8. The number of primary amides is 1. The molecule has 13 nitrogen and oxygen atoms in total. The second kappa shape index (κ2) is 14.2. The van der Waals surface area contributed by atoms with Gasteiger partial charge in [0.15, 0.2) is 0 Å². The second-order valence-corrected chi connectivity index (χ2v) is 7.59. The Kier molecular flexibility index (Phi) is 13.0. The number of rotatable bonds is 15. The summed E-state index contributed by atoms with van der Waals surface area (Å²) in [6, 6.07) is -5.22. The van der Waals surface area contributed by atoms with Gasteiger partial charge in [0.25, 0.3) is 0 Å². The van der Waals surface area contributed by atoms with Crippen molar-refractivity contribution in [3.05, 3.63) is 0 Å². The molecule has 0 aliphatic carbocycles. The summed E-state index contributed by atoms with van der Waals surface area (Å²) in [4.78, 5) is 70.5. The quantitative estimate of drug-likeness (QED) is 0.117. The van der Waals surface area contributed by atoms with Crippen LogP contribution in [0.4, 0.5) is 0 Å². The minimum atomic E-state index is -1.49. The van der Waals surface area contributed by atoms with Crippen molar-refractivity contribution < 1.29 is 39.0 Å². The minimum Gasteiger partial charge on any atom is -0.481 e. The van der Waals surface area contributed by atoms with E-state index in [4.69, 9.17) is 16.6 Å². The van der Waals surface area contributed by atoms with Crippen LogP contribution in [-0.4, -0.2) is 75.7 Å². The van der Waals surface area contributed by atoms with Crippen LogP contribution in [0.2, 0.25) is 0 Å². The number of thiol groups is 1. The number of nitrogens with two attached hydrogens (primary N) is 2. The predicted molar refractivity (Wildman–Crippen MR) is 115 cm³/mol. The van der Waals surface area contributed by atoms with Gasteiger partial charge in [-0.2, -0.15) is 12.6 Å². The van der Waals surface area contributed by atoms with E-state index in [0.717, 1.165) is 0 Å². The van der Waals surface area contributed by atoms with Gasteiger partial charge in [-0.1, -0.05) is 20.3 Å². The molecule has 0 aromatic heterocycles. The van der Waals surface area contributed by atoms with Crippen LogP contribution in [0.3, 0.4) is 0 Å². The summed E-state index contributed by atoms with van der Waals surface area (Å²) in [7, 11) is 0. The molecule has 0 radical (unpaired) electrons. The van der Waals surface area contributed by atoms with Crippen LogP contribution in [0.5, 0.6) is 0 Å². The van der Waals surface area contributed by atoms with E-state index in [0.29, 0.717) is 6.42 Å². The van der Waals surface area contributed by atoms with E-state index < -0.39 is 66.2 Å².